The van der Waals surface area contributed by atoms with Crippen LogP contribution in [-0.4, -0.2) is 65.3 Å². The highest BCUT2D eigenvalue weighted by molar-refractivity contribution is 7.99. The zero-order valence-electron chi connectivity index (χ0n) is 16.7. The third-order valence-electron chi connectivity index (χ3n) is 4.84. The van der Waals surface area contributed by atoms with Crippen LogP contribution < -0.4 is 10.2 Å². The highest BCUT2D eigenvalue weighted by Gasteiger charge is 2.16. The van der Waals surface area contributed by atoms with Gasteiger partial charge in [-0.1, -0.05) is 37.2 Å². The minimum absolute atomic E-state index is 0.0154. The molecule has 0 unspecified atom stereocenters. The normalized spacial score (nSPS) is 15.4. The quantitative estimate of drug-likeness (QED) is 0.340. The number of hydrogen-bond donors (Lipinski definition) is 1. The fourth-order valence-electron chi connectivity index (χ4n) is 3.24. The highest BCUT2D eigenvalue weighted by atomic mass is 35.5. The average Bonchev–Trinajstić information content (AvgIpc) is 3.18. The topological polar surface area (TPSA) is 61.4 Å². The molecule has 8 heteroatoms. The molecule has 0 radical (unpaired) electrons. The predicted molar refractivity (Wildman–Crippen MR) is 114 cm³/mol. The van der Waals surface area contributed by atoms with Gasteiger partial charge in [0.05, 0.1) is 5.75 Å². The second-order valence-electron chi connectivity index (χ2n) is 6.95. The Bertz CT molecular complexity index is 593. The summed E-state index contributed by atoms with van der Waals surface area (Å²) in [6.07, 6.45) is 4.43. The Labute approximate surface area is 172 Å². The van der Waals surface area contributed by atoms with E-state index in [9.17, 15) is 4.79 Å². The predicted octanol–water partition coefficient (Wildman–Crippen LogP) is 3.45. The Morgan fingerprint density at radius 3 is 2.70 bits per heavy atom. The molecule has 1 saturated heterocycles. The molecule has 1 amide bonds. The van der Waals surface area contributed by atoms with Crippen LogP contribution in [0.2, 0.25) is 5.15 Å². The summed E-state index contributed by atoms with van der Waals surface area (Å²) in [4.78, 5) is 25.7. The molecule has 1 aliphatic heterocycles. The van der Waals surface area contributed by atoms with Crippen LogP contribution in [0.3, 0.4) is 0 Å². The van der Waals surface area contributed by atoms with E-state index in [0.717, 1.165) is 51.4 Å². The average molecular weight is 414 g/mol. The molecule has 152 valence electrons. The monoisotopic (exact) mass is 413 g/mol. The molecule has 6 nitrogen and oxygen atoms in total. The number of hydrogen-bond acceptors (Lipinski definition) is 6. The Hall–Kier alpha value is -1.05. The largest absolute Gasteiger partial charge is 0.356 e. The van der Waals surface area contributed by atoms with E-state index in [1.165, 1.54) is 24.6 Å². The van der Waals surface area contributed by atoms with Crippen molar-refractivity contribution in [3.8, 4) is 0 Å². The van der Waals surface area contributed by atoms with Crippen LogP contribution in [0.5, 0.6) is 0 Å². The van der Waals surface area contributed by atoms with Crippen molar-refractivity contribution in [1.82, 2.24) is 20.2 Å². The Balaban J connectivity index is 1.74. The van der Waals surface area contributed by atoms with E-state index in [1.807, 2.05) is 0 Å². The van der Waals surface area contributed by atoms with Crippen molar-refractivity contribution in [3.63, 3.8) is 0 Å². The summed E-state index contributed by atoms with van der Waals surface area (Å²) in [7, 11) is 0. The van der Waals surface area contributed by atoms with E-state index in [1.54, 1.807) is 6.07 Å². The van der Waals surface area contributed by atoms with Crippen molar-refractivity contribution in [2.45, 2.75) is 57.7 Å². The number of carbonyl (C=O) groups is 1. The van der Waals surface area contributed by atoms with Gasteiger partial charge in [-0.25, -0.2) is 9.97 Å². The smallest absolute Gasteiger partial charge is 0.230 e. The van der Waals surface area contributed by atoms with Crippen molar-refractivity contribution in [2.75, 3.05) is 43.4 Å². The molecule has 1 fully saturated rings. The van der Waals surface area contributed by atoms with Crippen LogP contribution in [0.15, 0.2) is 11.2 Å². The molecule has 0 aromatic carbocycles. The van der Waals surface area contributed by atoms with Gasteiger partial charge in [-0.2, -0.15) is 0 Å². The number of anilines is 1. The number of thioether (sulfide) groups is 1. The molecule has 27 heavy (non-hydrogen) atoms. The second-order valence-corrected chi connectivity index (χ2v) is 8.28. The van der Waals surface area contributed by atoms with Crippen LogP contribution >= 0.6 is 23.4 Å². The zero-order valence-corrected chi connectivity index (χ0v) is 18.3. The number of rotatable bonds is 11. The lowest BCUT2D eigenvalue weighted by Gasteiger charge is -2.19. The maximum absolute atomic E-state index is 12.2. The van der Waals surface area contributed by atoms with Crippen molar-refractivity contribution in [1.29, 1.82) is 0 Å². The van der Waals surface area contributed by atoms with Crippen molar-refractivity contribution < 1.29 is 4.79 Å². The van der Waals surface area contributed by atoms with Crippen LogP contribution in [0.25, 0.3) is 0 Å². The first-order valence-electron chi connectivity index (χ1n) is 9.95. The summed E-state index contributed by atoms with van der Waals surface area (Å²) in [5.41, 5.74) is 0. The van der Waals surface area contributed by atoms with Gasteiger partial charge in [0, 0.05) is 25.2 Å². The molecule has 1 atom stereocenters. The number of halogens is 1. The molecule has 1 aliphatic rings. The maximum atomic E-state index is 12.2. The lowest BCUT2D eigenvalue weighted by Crippen LogP contribution is -2.34. The van der Waals surface area contributed by atoms with Gasteiger partial charge in [-0.05, 0) is 52.2 Å². The Morgan fingerprint density at radius 2 is 2.04 bits per heavy atom. The Morgan fingerprint density at radius 1 is 1.33 bits per heavy atom. The van der Waals surface area contributed by atoms with Gasteiger partial charge in [0.2, 0.25) is 5.91 Å². The molecular formula is C19H32ClN5OS. The number of carbonyl (C=O) groups excluding carboxylic acids is 1. The summed E-state index contributed by atoms with van der Waals surface area (Å²) >= 11 is 7.48. The molecule has 0 spiro atoms. The fraction of sp³-hybridized carbons (Fsp3) is 0.737. The van der Waals surface area contributed by atoms with Gasteiger partial charge in [0.1, 0.15) is 11.0 Å². The van der Waals surface area contributed by atoms with Crippen LogP contribution in [0.1, 0.15) is 46.5 Å². The number of aromatic nitrogens is 2. The summed E-state index contributed by atoms with van der Waals surface area (Å²) in [6, 6.07) is 1.98. The summed E-state index contributed by atoms with van der Waals surface area (Å²) in [5.74, 6) is 1.18. The first-order chi connectivity index (χ1) is 13.0. The minimum Gasteiger partial charge on any atom is -0.356 e. The molecule has 1 aromatic rings. The third-order valence-corrected chi connectivity index (χ3v) is 5.88. The lowest BCUT2D eigenvalue weighted by molar-refractivity contribution is -0.119. The van der Waals surface area contributed by atoms with Gasteiger partial charge in [0.25, 0.3) is 0 Å². The molecular weight excluding hydrogens is 382 g/mol. The molecule has 1 aromatic heterocycles. The van der Waals surface area contributed by atoms with Crippen LogP contribution in [0.4, 0.5) is 5.82 Å². The van der Waals surface area contributed by atoms with Gasteiger partial charge in [-0.3, -0.25) is 4.79 Å². The lowest BCUT2D eigenvalue weighted by atomic mass is 10.2. The molecule has 1 N–H and O–H groups in total. The molecule has 0 saturated carbocycles. The number of nitrogens with zero attached hydrogens (tertiary/aromatic N) is 4. The first kappa shape index (κ1) is 22.2. The Kier molecular flexibility index (Phi) is 9.65. The van der Waals surface area contributed by atoms with Gasteiger partial charge in [0.15, 0.2) is 5.16 Å². The van der Waals surface area contributed by atoms with Gasteiger partial charge in [-0.15, -0.1) is 0 Å². The maximum Gasteiger partial charge on any atom is 0.230 e. The summed E-state index contributed by atoms with van der Waals surface area (Å²) in [6.45, 7) is 11.7. The third kappa shape index (κ3) is 7.84. The second kappa shape index (κ2) is 11.7. The summed E-state index contributed by atoms with van der Waals surface area (Å²) < 4.78 is 0. The van der Waals surface area contributed by atoms with Gasteiger partial charge >= 0.3 is 0 Å². The van der Waals surface area contributed by atoms with Crippen molar-refractivity contribution in [3.05, 3.63) is 11.2 Å². The molecule has 2 heterocycles. The van der Waals surface area contributed by atoms with Crippen molar-refractivity contribution >= 4 is 35.1 Å². The number of amides is 1. The fourth-order valence-corrected chi connectivity index (χ4v) is 4.13. The van der Waals surface area contributed by atoms with Crippen LogP contribution in [0, 0.1) is 0 Å². The zero-order chi connectivity index (χ0) is 19.6. The molecule has 2 rings (SSSR count). The van der Waals surface area contributed by atoms with E-state index < -0.39 is 0 Å². The standard InChI is InChI=1S/C19H32ClN5OS/c1-4-24(5-2)10-8-9-15(3)21-18(26)14-27-19-22-16(20)13-17(23-19)25-11-6-7-12-25/h13,15H,4-12,14H2,1-3H3,(H,21,26)/t15-/m0/s1. The van der Waals surface area contributed by atoms with Gasteiger partial charge < -0.3 is 15.1 Å². The van der Waals surface area contributed by atoms with E-state index in [0.29, 0.717) is 16.1 Å². The first-order valence-corrected chi connectivity index (χ1v) is 11.3. The van der Waals surface area contributed by atoms with E-state index >= 15 is 0 Å². The number of nitrogens with one attached hydrogen (secondary N) is 1. The minimum atomic E-state index is 0.0154. The van der Waals surface area contributed by atoms with E-state index in [-0.39, 0.29) is 11.9 Å². The van der Waals surface area contributed by atoms with Crippen LogP contribution in [-0.2, 0) is 4.79 Å². The van der Waals surface area contributed by atoms with E-state index in [2.05, 4.69) is 45.9 Å². The highest BCUT2D eigenvalue weighted by Crippen LogP contribution is 2.24. The van der Waals surface area contributed by atoms with E-state index in [4.69, 9.17) is 11.6 Å². The molecule has 0 bridgehead atoms. The van der Waals surface area contributed by atoms with Crippen molar-refractivity contribution in [2.24, 2.45) is 0 Å². The SMILES string of the molecule is CCN(CC)CCC[C@H](C)NC(=O)CSc1nc(Cl)cc(N2CCCC2)n1. The summed E-state index contributed by atoms with van der Waals surface area (Å²) in [5, 5.41) is 4.06. The molecule has 0 aliphatic carbocycles.